The number of sulfonamides is 1. The predicted molar refractivity (Wildman–Crippen MR) is 150 cm³/mol. The number of benzene rings is 1. The van der Waals surface area contributed by atoms with Crippen molar-refractivity contribution in [1.29, 1.82) is 0 Å². The van der Waals surface area contributed by atoms with E-state index in [0.717, 1.165) is 30.2 Å². The van der Waals surface area contributed by atoms with Crippen LogP contribution in [0, 0.1) is 11.3 Å². The number of carbonyl (C=O) groups is 3. The number of nitrogens with zero attached hydrogens (tertiary/aromatic N) is 2. The fourth-order valence-electron chi connectivity index (χ4n) is 5.95. The number of nitrogens with one attached hydrogen (secondary N) is 3. The quantitative estimate of drug-likeness (QED) is 0.459. The van der Waals surface area contributed by atoms with Crippen LogP contribution in [0.15, 0.2) is 30.3 Å². The number of amides is 3. The maximum atomic E-state index is 14.0. The minimum Gasteiger partial charge on any atom is -0.342 e. The molecule has 3 amide bonds. The maximum absolute atomic E-state index is 14.0. The van der Waals surface area contributed by atoms with E-state index >= 15 is 0 Å². The van der Waals surface area contributed by atoms with Crippen LogP contribution in [0.4, 0.5) is 0 Å². The highest BCUT2D eigenvalue weighted by molar-refractivity contribution is 7.88. The summed E-state index contributed by atoms with van der Waals surface area (Å²) in [7, 11) is -1.94. The van der Waals surface area contributed by atoms with E-state index < -0.39 is 45.5 Å². The van der Waals surface area contributed by atoms with Crippen molar-refractivity contribution in [2.24, 2.45) is 11.3 Å². The summed E-state index contributed by atoms with van der Waals surface area (Å²) in [6, 6.07) is 5.44. The van der Waals surface area contributed by atoms with Crippen LogP contribution in [0.5, 0.6) is 0 Å². The monoisotopic (exact) mass is 559 g/mol. The topological polar surface area (TPSA) is 128 Å². The van der Waals surface area contributed by atoms with Crippen molar-refractivity contribution in [2.75, 3.05) is 26.4 Å². The molecule has 3 N–H and O–H groups in total. The fraction of sp³-hybridized carbons (Fsp3) is 0.607. The van der Waals surface area contributed by atoms with Gasteiger partial charge < -0.3 is 20.9 Å². The first kappa shape index (κ1) is 29.2. The summed E-state index contributed by atoms with van der Waals surface area (Å²) in [6.45, 7) is 7.65. The zero-order chi connectivity index (χ0) is 28.7. The van der Waals surface area contributed by atoms with Gasteiger partial charge in [-0.25, -0.2) is 8.42 Å². The Balaban J connectivity index is 1.63. The van der Waals surface area contributed by atoms with Crippen molar-refractivity contribution in [3.05, 3.63) is 41.5 Å². The number of rotatable bonds is 7. The number of likely N-dealkylation sites (tertiary alicyclic amines) is 1. The minimum absolute atomic E-state index is 0.00202. The number of carbonyl (C=O) groups excluding carboxylic acids is 3. The molecule has 11 heteroatoms. The van der Waals surface area contributed by atoms with Gasteiger partial charge in [-0.2, -0.15) is 4.31 Å². The first-order valence-electron chi connectivity index (χ1n) is 13.6. The lowest BCUT2D eigenvalue weighted by Crippen LogP contribution is -2.59. The molecule has 2 aliphatic heterocycles. The van der Waals surface area contributed by atoms with Crippen LogP contribution in [0.1, 0.15) is 51.7 Å². The molecule has 0 unspecified atom stereocenters. The Labute approximate surface area is 231 Å². The number of likely N-dealkylation sites (N-methyl/N-ethyl adjacent to an activating group) is 1. The number of allylic oxidation sites excluding steroid dienone is 1. The summed E-state index contributed by atoms with van der Waals surface area (Å²) >= 11 is 0. The number of aryl methyl sites for hydroxylation is 1. The van der Waals surface area contributed by atoms with Gasteiger partial charge in [0.1, 0.15) is 6.04 Å². The van der Waals surface area contributed by atoms with Gasteiger partial charge >= 0.3 is 0 Å². The van der Waals surface area contributed by atoms with Crippen LogP contribution in [-0.4, -0.2) is 85.9 Å². The molecule has 0 saturated carbocycles. The second kappa shape index (κ2) is 11.0. The minimum atomic E-state index is -3.61. The molecule has 5 atom stereocenters. The van der Waals surface area contributed by atoms with E-state index in [4.69, 9.17) is 0 Å². The smallest absolute Gasteiger partial charge is 0.246 e. The third-order valence-corrected chi connectivity index (χ3v) is 9.45. The van der Waals surface area contributed by atoms with Gasteiger partial charge in [0.2, 0.25) is 27.7 Å². The van der Waals surface area contributed by atoms with Crippen molar-refractivity contribution in [2.45, 2.75) is 71.1 Å². The summed E-state index contributed by atoms with van der Waals surface area (Å²) < 4.78 is 26.8. The largest absolute Gasteiger partial charge is 0.342 e. The third kappa shape index (κ3) is 5.90. The zero-order valence-corrected chi connectivity index (χ0v) is 24.5. The van der Waals surface area contributed by atoms with Crippen molar-refractivity contribution in [1.82, 2.24) is 25.2 Å². The first-order chi connectivity index (χ1) is 18.2. The second-order valence-corrected chi connectivity index (χ2v) is 13.9. The summed E-state index contributed by atoms with van der Waals surface area (Å²) in [4.78, 5) is 42.2. The number of hydrogen-bond acceptors (Lipinski definition) is 6. The van der Waals surface area contributed by atoms with E-state index in [1.807, 2.05) is 51.1 Å². The van der Waals surface area contributed by atoms with Crippen LogP contribution >= 0.6 is 0 Å². The Kier molecular flexibility index (Phi) is 8.26. The molecule has 214 valence electrons. The molecular weight excluding hydrogens is 518 g/mol. The summed E-state index contributed by atoms with van der Waals surface area (Å²) in [5.41, 5.74) is 2.21. The lowest BCUT2D eigenvalue weighted by atomic mass is 9.85. The van der Waals surface area contributed by atoms with Crippen LogP contribution in [0.25, 0.3) is 5.70 Å². The van der Waals surface area contributed by atoms with Crippen LogP contribution in [-0.2, 0) is 30.8 Å². The SMILES string of the molecule is CN[C@H](C)C(=O)N[C@H](C(=O)N1CC[C@@H]2[C@H]1[C@@H](C(=O)NC1=CCCc3ccccc31)CN2S(C)(=O)=O)C(C)(C)C. The van der Waals surface area contributed by atoms with Gasteiger partial charge in [0, 0.05) is 30.4 Å². The number of hydrogen-bond donors (Lipinski definition) is 3. The van der Waals surface area contributed by atoms with Crippen molar-refractivity contribution in [3.8, 4) is 0 Å². The molecule has 0 bridgehead atoms. The first-order valence-corrected chi connectivity index (χ1v) is 15.4. The van der Waals surface area contributed by atoms with Crippen molar-refractivity contribution < 1.29 is 22.8 Å². The average molecular weight is 560 g/mol. The number of fused-ring (bicyclic) bond motifs is 2. The Bertz CT molecular complexity index is 1270. The lowest BCUT2D eigenvalue weighted by Gasteiger charge is -2.37. The Hall–Kier alpha value is -2.76. The van der Waals surface area contributed by atoms with Gasteiger partial charge in [0.25, 0.3) is 0 Å². The van der Waals surface area contributed by atoms with E-state index in [1.54, 1.807) is 18.9 Å². The molecule has 0 radical (unpaired) electrons. The Morgan fingerprint density at radius 3 is 2.46 bits per heavy atom. The molecule has 0 aromatic heterocycles. The van der Waals surface area contributed by atoms with Gasteiger partial charge in [-0.05, 0) is 44.2 Å². The van der Waals surface area contributed by atoms with Crippen LogP contribution in [0.3, 0.4) is 0 Å². The molecule has 1 aromatic rings. The summed E-state index contributed by atoms with van der Waals surface area (Å²) in [5, 5.41) is 8.84. The lowest BCUT2D eigenvalue weighted by molar-refractivity contribution is -0.142. The Morgan fingerprint density at radius 1 is 1.13 bits per heavy atom. The van der Waals surface area contributed by atoms with E-state index in [2.05, 4.69) is 16.0 Å². The fourth-order valence-corrected chi connectivity index (χ4v) is 7.11. The molecule has 1 aromatic carbocycles. The molecule has 4 rings (SSSR count). The highest BCUT2D eigenvalue weighted by Crippen LogP contribution is 2.39. The summed E-state index contributed by atoms with van der Waals surface area (Å²) in [6.07, 6.45) is 5.25. The normalized spacial score (nSPS) is 24.8. The zero-order valence-electron chi connectivity index (χ0n) is 23.7. The molecule has 1 aliphatic carbocycles. The van der Waals surface area contributed by atoms with E-state index in [9.17, 15) is 22.8 Å². The third-order valence-electron chi connectivity index (χ3n) is 8.18. The Morgan fingerprint density at radius 2 is 1.82 bits per heavy atom. The molecule has 39 heavy (non-hydrogen) atoms. The van der Waals surface area contributed by atoms with E-state index in [0.29, 0.717) is 18.7 Å². The summed E-state index contributed by atoms with van der Waals surface area (Å²) in [5.74, 6) is -1.66. The van der Waals surface area contributed by atoms with Gasteiger partial charge in [0.05, 0.1) is 24.3 Å². The van der Waals surface area contributed by atoms with Crippen LogP contribution in [0.2, 0.25) is 0 Å². The van der Waals surface area contributed by atoms with Gasteiger partial charge in [-0.3, -0.25) is 14.4 Å². The highest BCUT2D eigenvalue weighted by Gasteiger charge is 2.56. The van der Waals surface area contributed by atoms with Gasteiger partial charge in [-0.1, -0.05) is 51.1 Å². The molecule has 3 aliphatic rings. The molecule has 2 fully saturated rings. The average Bonchev–Trinajstić information content (AvgIpc) is 3.46. The second-order valence-electron chi connectivity index (χ2n) is 11.9. The molecular formula is C28H41N5O5S. The molecule has 0 spiro atoms. The predicted octanol–water partition coefficient (Wildman–Crippen LogP) is 1.09. The standard InChI is InChI=1S/C28H41N5O5S/c1-17(29-5)25(34)31-24(28(2,3)4)27(36)32-15-14-22-23(32)20(16-33(22)39(6,37)38)26(35)30-21-13-9-11-18-10-7-8-12-19(18)21/h7-8,10,12-13,17,20,22-24,29H,9,11,14-16H2,1-6H3,(H,30,35)(H,31,34)/t17-,20+,22-,23-,24-/m1/s1. The molecule has 2 saturated heterocycles. The molecule has 2 heterocycles. The van der Waals surface area contributed by atoms with Crippen molar-refractivity contribution in [3.63, 3.8) is 0 Å². The maximum Gasteiger partial charge on any atom is 0.246 e. The van der Waals surface area contributed by atoms with Crippen molar-refractivity contribution >= 4 is 33.4 Å². The molecule has 10 nitrogen and oxygen atoms in total. The van der Waals surface area contributed by atoms with Gasteiger partial charge in [-0.15, -0.1) is 0 Å². The highest BCUT2D eigenvalue weighted by atomic mass is 32.2. The van der Waals surface area contributed by atoms with E-state index in [1.165, 1.54) is 4.31 Å². The van der Waals surface area contributed by atoms with Crippen LogP contribution < -0.4 is 16.0 Å². The van der Waals surface area contributed by atoms with Gasteiger partial charge in [0.15, 0.2) is 0 Å². The van der Waals surface area contributed by atoms with E-state index in [-0.39, 0.29) is 24.3 Å².